The maximum atomic E-state index is 10.6. The quantitative estimate of drug-likeness (QED) is 0.654. The van der Waals surface area contributed by atoms with Crippen molar-refractivity contribution in [3.8, 4) is 0 Å². The first-order chi connectivity index (χ1) is 3.72. The minimum atomic E-state index is 0. The van der Waals surface area contributed by atoms with Gasteiger partial charge in [0.25, 0.3) is 0 Å². The average molecular weight is 152 g/mol. The van der Waals surface area contributed by atoms with Crippen molar-refractivity contribution in [3.63, 3.8) is 0 Å². The molecule has 0 radical (unpaired) electrons. The summed E-state index contributed by atoms with van der Waals surface area (Å²) in [7, 11) is 0. The molecule has 0 saturated carbocycles. The molecule has 0 aromatic carbocycles. The molecule has 56 valence electrons. The summed E-state index contributed by atoms with van der Waals surface area (Å²) in [5.41, 5.74) is 5.10. The molecule has 0 heterocycles. The highest BCUT2D eigenvalue weighted by Crippen LogP contribution is 1.99. The first-order valence-corrected chi connectivity index (χ1v) is 2.95. The van der Waals surface area contributed by atoms with E-state index in [0.717, 1.165) is 6.42 Å². The molecule has 0 aromatic rings. The van der Waals surface area contributed by atoms with Gasteiger partial charge >= 0.3 is 0 Å². The molecule has 0 aliphatic carbocycles. The zero-order chi connectivity index (χ0) is 6.57. The zero-order valence-electron chi connectivity index (χ0n) is 5.89. The van der Waals surface area contributed by atoms with E-state index in [1.165, 1.54) is 0 Å². The number of Topliss-reactive ketones (excluding diaryl/α,β-unsaturated/α-hetero) is 1. The van der Waals surface area contributed by atoms with E-state index in [9.17, 15) is 4.79 Å². The van der Waals surface area contributed by atoms with Crippen LogP contribution < -0.4 is 5.73 Å². The summed E-state index contributed by atoms with van der Waals surface area (Å²) < 4.78 is 0. The largest absolute Gasteiger partial charge is 0.324 e. The molecule has 0 aliphatic rings. The lowest BCUT2D eigenvalue weighted by atomic mass is 10.0. The highest BCUT2D eigenvalue weighted by molar-refractivity contribution is 5.85. The van der Waals surface area contributed by atoms with Gasteiger partial charge in [-0.05, 0) is 6.42 Å². The lowest BCUT2D eigenvalue weighted by Gasteiger charge is -2.01. The summed E-state index contributed by atoms with van der Waals surface area (Å²) in [6, 6.07) is 0. The Bertz CT molecular complexity index is 85.1. The third-order valence-corrected chi connectivity index (χ3v) is 1.36. The number of ketones is 1. The van der Waals surface area contributed by atoms with Crippen LogP contribution in [-0.2, 0) is 4.79 Å². The minimum absolute atomic E-state index is 0. The van der Waals surface area contributed by atoms with Gasteiger partial charge in [0.2, 0.25) is 0 Å². The minimum Gasteiger partial charge on any atom is -0.324 e. The molecule has 2 N–H and O–H groups in total. The second kappa shape index (κ2) is 6.05. The van der Waals surface area contributed by atoms with Crippen LogP contribution in [0.15, 0.2) is 0 Å². The molecule has 0 amide bonds. The molecule has 3 heteroatoms. The number of rotatable bonds is 3. The third-order valence-electron chi connectivity index (χ3n) is 1.36. The van der Waals surface area contributed by atoms with Crippen LogP contribution in [-0.4, -0.2) is 12.3 Å². The summed E-state index contributed by atoms with van der Waals surface area (Å²) in [4.78, 5) is 10.6. The molecule has 0 unspecified atom stereocenters. The number of carbonyl (C=O) groups excluding carboxylic acids is 1. The van der Waals surface area contributed by atoms with E-state index in [2.05, 4.69) is 0 Å². The smallest absolute Gasteiger partial charge is 0.149 e. The molecule has 2 nitrogen and oxygen atoms in total. The molecule has 0 saturated heterocycles. The normalized spacial score (nSPS) is 11.9. The fraction of sp³-hybridized carbons (Fsp3) is 0.833. The molecule has 0 rings (SSSR count). The van der Waals surface area contributed by atoms with E-state index >= 15 is 0 Å². The van der Waals surface area contributed by atoms with Gasteiger partial charge in [-0.2, -0.15) is 0 Å². The molecule has 0 fully saturated rings. The fourth-order valence-electron chi connectivity index (χ4n) is 0.429. The lowest BCUT2D eigenvalue weighted by Crippen LogP contribution is -2.20. The molecule has 0 aromatic heterocycles. The molecule has 0 spiro atoms. The van der Waals surface area contributed by atoms with E-state index in [1.54, 1.807) is 0 Å². The van der Waals surface area contributed by atoms with Crippen molar-refractivity contribution in [1.82, 2.24) is 0 Å². The Morgan fingerprint density at radius 2 is 2.11 bits per heavy atom. The van der Waals surface area contributed by atoms with Crippen molar-refractivity contribution < 1.29 is 4.79 Å². The first-order valence-electron chi connectivity index (χ1n) is 2.95. The van der Waals surface area contributed by atoms with Crippen LogP contribution in [0.1, 0.15) is 20.3 Å². The number of carbonyl (C=O) groups is 1. The fourth-order valence-corrected chi connectivity index (χ4v) is 0.429. The number of hydrogen-bond acceptors (Lipinski definition) is 2. The maximum Gasteiger partial charge on any atom is 0.149 e. The highest BCUT2D eigenvalue weighted by atomic mass is 35.5. The van der Waals surface area contributed by atoms with Crippen molar-refractivity contribution in [1.29, 1.82) is 0 Å². The second-order valence-corrected chi connectivity index (χ2v) is 1.98. The standard InChI is InChI=1S/C6H13NO.ClH/c1-3-5(2)6(8)4-7;/h5H,3-4,7H2,1-2H3;1H/t5-;/m1./s1. The summed E-state index contributed by atoms with van der Waals surface area (Å²) in [6.45, 7) is 4.07. The SMILES string of the molecule is CC[C@@H](C)C(=O)CN.Cl. The van der Waals surface area contributed by atoms with Crippen molar-refractivity contribution in [2.45, 2.75) is 20.3 Å². The van der Waals surface area contributed by atoms with Crippen LogP contribution in [0, 0.1) is 5.92 Å². The van der Waals surface area contributed by atoms with Gasteiger partial charge in [0, 0.05) is 5.92 Å². The van der Waals surface area contributed by atoms with Gasteiger partial charge in [-0.15, -0.1) is 12.4 Å². The van der Waals surface area contributed by atoms with Crippen molar-refractivity contribution >= 4 is 18.2 Å². The molecule has 1 atom stereocenters. The first kappa shape index (κ1) is 11.7. The number of nitrogens with two attached hydrogens (primary N) is 1. The van der Waals surface area contributed by atoms with Gasteiger partial charge in [0.05, 0.1) is 6.54 Å². The van der Waals surface area contributed by atoms with E-state index in [0.29, 0.717) is 0 Å². The Morgan fingerprint density at radius 3 is 2.22 bits per heavy atom. The average Bonchev–Trinajstić information content (AvgIpc) is 1.84. The van der Waals surface area contributed by atoms with Gasteiger partial charge in [-0.3, -0.25) is 4.79 Å². The Balaban J connectivity index is 0. The zero-order valence-corrected chi connectivity index (χ0v) is 6.70. The van der Waals surface area contributed by atoms with Crippen LogP contribution >= 0.6 is 12.4 Å². The molecular formula is C6H14ClNO. The van der Waals surface area contributed by atoms with Crippen LogP contribution in [0.5, 0.6) is 0 Å². The Hall–Kier alpha value is -0.0800. The predicted octanol–water partition coefficient (Wildman–Crippen LogP) is 0.982. The van der Waals surface area contributed by atoms with Crippen LogP contribution in [0.3, 0.4) is 0 Å². The van der Waals surface area contributed by atoms with Crippen LogP contribution in [0.4, 0.5) is 0 Å². The number of halogens is 1. The van der Waals surface area contributed by atoms with Crippen molar-refractivity contribution in [3.05, 3.63) is 0 Å². The van der Waals surface area contributed by atoms with Crippen molar-refractivity contribution in [2.24, 2.45) is 11.7 Å². The van der Waals surface area contributed by atoms with E-state index in [4.69, 9.17) is 5.73 Å². The van der Waals surface area contributed by atoms with Gasteiger partial charge in [0.1, 0.15) is 5.78 Å². The topological polar surface area (TPSA) is 43.1 Å². The van der Waals surface area contributed by atoms with E-state index in [1.807, 2.05) is 13.8 Å². The van der Waals surface area contributed by atoms with Crippen molar-refractivity contribution in [2.75, 3.05) is 6.54 Å². The Morgan fingerprint density at radius 1 is 1.67 bits per heavy atom. The molecular weight excluding hydrogens is 138 g/mol. The highest BCUT2D eigenvalue weighted by Gasteiger charge is 2.06. The second-order valence-electron chi connectivity index (χ2n) is 1.98. The summed E-state index contributed by atoms with van der Waals surface area (Å²) in [5, 5.41) is 0. The van der Waals surface area contributed by atoms with Gasteiger partial charge in [0.15, 0.2) is 0 Å². The maximum absolute atomic E-state index is 10.6. The van der Waals surface area contributed by atoms with E-state index < -0.39 is 0 Å². The molecule has 9 heavy (non-hydrogen) atoms. The molecule has 0 bridgehead atoms. The van der Waals surface area contributed by atoms with Gasteiger partial charge in [-0.25, -0.2) is 0 Å². The lowest BCUT2D eigenvalue weighted by molar-refractivity contribution is -0.121. The summed E-state index contributed by atoms with van der Waals surface area (Å²) in [5.74, 6) is 0.312. The van der Waals surface area contributed by atoms with Crippen LogP contribution in [0.25, 0.3) is 0 Å². The van der Waals surface area contributed by atoms with E-state index in [-0.39, 0.29) is 30.7 Å². The predicted molar refractivity (Wildman–Crippen MR) is 40.8 cm³/mol. The third kappa shape index (κ3) is 4.43. The summed E-state index contributed by atoms with van der Waals surface area (Å²) in [6.07, 6.45) is 0.899. The Labute approximate surface area is 62.2 Å². The van der Waals surface area contributed by atoms with Crippen LogP contribution in [0.2, 0.25) is 0 Å². The van der Waals surface area contributed by atoms with Gasteiger partial charge < -0.3 is 5.73 Å². The van der Waals surface area contributed by atoms with Gasteiger partial charge in [-0.1, -0.05) is 13.8 Å². The monoisotopic (exact) mass is 151 g/mol. The Kier molecular flexibility index (Phi) is 7.85. The molecule has 0 aliphatic heterocycles. The number of hydrogen-bond donors (Lipinski definition) is 1. The summed E-state index contributed by atoms with van der Waals surface area (Å²) >= 11 is 0.